The van der Waals surface area contributed by atoms with Crippen molar-refractivity contribution in [3.8, 4) is 28.4 Å². The van der Waals surface area contributed by atoms with E-state index in [4.69, 9.17) is 37.4 Å². The summed E-state index contributed by atoms with van der Waals surface area (Å²) in [7, 11) is 3.34. The van der Waals surface area contributed by atoms with Crippen molar-refractivity contribution < 1.29 is 14.2 Å². The average molecular weight is 580 g/mol. The maximum atomic E-state index is 7.30. The molecule has 7 rings (SSSR count). The summed E-state index contributed by atoms with van der Waals surface area (Å²) in [6, 6.07) is 28.4. The molecule has 5 aromatic carbocycles. The fourth-order valence-corrected chi connectivity index (χ4v) is 6.93. The minimum absolute atomic E-state index is 0.290. The Balaban J connectivity index is 1.54. The molecule has 0 amide bonds. The van der Waals surface area contributed by atoms with E-state index in [1.54, 1.807) is 14.2 Å². The van der Waals surface area contributed by atoms with Gasteiger partial charge in [-0.15, -0.1) is 0 Å². The lowest BCUT2D eigenvalue weighted by Gasteiger charge is -2.38. The first-order chi connectivity index (χ1) is 19.8. The second kappa shape index (κ2) is 9.30. The molecule has 0 radical (unpaired) electrons. The molecule has 0 saturated heterocycles. The second-order valence-electron chi connectivity index (χ2n) is 11.1. The van der Waals surface area contributed by atoms with Crippen molar-refractivity contribution >= 4 is 40.1 Å². The van der Waals surface area contributed by atoms with E-state index >= 15 is 0 Å². The summed E-state index contributed by atoms with van der Waals surface area (Å²) in [6.45, 7) is 4.53. The Morgan fingerprint density at radius 1 is 0.683 bits per heavy atom. The SMILES string of the molecule is COc1ccc(C2(c3ccc(OC)cc3)C=Cc3c4c(c5ccc(Cl)cc5c3O2)-c2ccc(Cl)cc2C4(C)C)cc1. The molecule has 0 unspecified atom stereocenters. The molecule has 0 spiro atoms. The van der Waals surface area contributed by atoms with Crippen LogP contribution in [-0.2, 0) is 11.0 Å². The maximum absolute atomic E-state index is 7.30. The lowest BCUT2D eigenvalue weighted by molar-refractivity contribution is 0.163. The summed E-state index contributed by atoms with van der Waals surface area (Å²) in [5.41, 5.74) is 6.68. The first-order valence-corrected chi connectivity index (χ1v) is 14.3. The monoisotopic (exact) mass is 578 g/mol. The van der Waals surface area contributed by atoms with Crippen molar-refractivity contribution in [1.29, 1.82) is 0 Å². The third-order valence-electron chi connectivity index (χ3n) is 8.59. The van der Waals surface area contributed by atoms with E-state index in [2.05, 4.69) is 68.5 Å². The minimum Gasteiger partial charge on any atom is -0.497 e. The highest BCUT2D eigenvalue weighted by atomic mass is 35.5. The molecular formula is C36H28Cl2O3. The Bertz CT molecular complexity index is 1820. The lowest BCUT2D eigenvalue weighted by Crippen LogP contribution is -2.35. The van der Waals surface area contributed by atoms with Gasteiger partial charge in [0.25, 0.3) is 0 Å². The van der Waals surface area contributed by atoms with E-state index in [1.807, 2.05) is 42.5 Å². The quantitative estimate of drug-likeness (QED) is 0.212. The van der Waals surface area contributed by atoms with Crippen LogP contribution in [0.4, 0.5) is 0 Å². The van der Waals surface area contributed by atoms with Crippen LogP contribution in [0.3, 0.4) is 0 Å². The van der Waals surface area contributed by atoms with Gasteiger partial charge in [0.15, 0.2) is 5.60 Å². The molecule has 0 aromatic heterocycles. The van der Waals surface area contributed by atoms with Crippen molar-refractivity contribution in [1.82, 2.24) is 0 Å². The Morgan fingerprint density at radius 2 is 1.27 bits per heavy atom. The minimum atomic E-state index is -0.895. The number of ether oxygens (including phenoxy) is 3. The van der Waals surface area contributed by atoms with Crippen LogP contribution in [0.1, 0.15) is 41.7 Å². The van der Waals surface area contributed by atoms with Crippen LogP contribution in [-0.4, -0.2) is 14.2 Å². The molecule has 0 bridgehead atoms. The highest BCUT2D eigenvalue weighted by Gasteiger charge is 2.44. The third kappa shape index (κ3) is 3.80. The molecule has 0 N–H and O–H groups in total. The van der Waals surface area contributed by atoms with E-state index in [0.29, 0.717) is 5.02 Å². The van der Waals surface area contributed by atoms with Crippen LogP contribution in [0.2, 0.25) is 10.0 Å². The van der Waals surface area contributed by atoms with Gasteiger partial charge in [-0.1, -0.05) is 79.5 Å². The average Bonchev–Trinajstić information content (AvgIpc) is 3.23. The van der Waals surface area contributed by atoms with E-state index in [0.717, 1.165) is 49.7 Å². The van der Waals surface area contributed by atoms with Crippen molar-refractivity contribution in [3.05, 3.63) is 129 Å². The normalized spacial score (nSPS) is 15.6. The Hall–Kier alpha value is -3.92. The van der Waals surface area contributed by atoms with Crippen LogP contribution < -0.4 is 14.2 Å². The van der Waals surface area contributed by atoms with Crippen molar-refractivity contribution in [2.75, 3.05) is 14.2 Å². The molecule has 41 heavy (non-hydrogen) atoms. The highest BCUT2D eigenvalue weighted by molar-refractivity contribution is 6.32. The van der Waals surface area contributed by atoms with Gasteiger partial charge in [-0.05, 0) is 82.2 Å². The smallest absolute Gasteiger partial charge is 0.178 e. The van der Waals surface area contributed by atoms with Gasteiger partial charge in [-0.25, -0.2) is 0 Å². The zero-order valence-electron chi connectivity index (χ0n) is 23.2. The maximum Gasteiger partial charge on any atom is 0.178 e. The fourth-order valence-electron chi connectivity index (χ4n) is 6.58. The molecule has 5 aromatic rings. The molecule has 204 valence electrons. The van der Waals surface area contributed by atoms with Gasteiger partial charge in [-0.2, -0.15) is 0 Å². The van der Waals surface area contributed by atoms with Gasteiger partial charge in [-0.3, -0.25) is 0 Å². The number of hydrogen-bond acceptors (Lipinski definition) is 3. The number of fused-ring (bicyclic) bond motifs is 8. The topological polar surface area (TPSA) is 27.7 Å². The van der Waals surface area contributed by atoms with Crippen molar-refractivity contribution in [3.63, 3.8) is 0 Å². The molecule has 3 nitrogen and oxygen atoms in total. The molecule has 0 saturated carbocycles. The summed E-state index contributed by atoms with van der Waals surface area (Å²) in [6.07, 6.45) is 4.39. The molecular weight excluding hydrogens is 551 g/mol. The Kier molecular flexibility index (Phi) is 5.90. The van der Waals surface area contributed by atoms with Crippen LogP contribution >= 0.6 is 23.2 Å². The number of methoxy groups -OCH3 is 2. The molecule has 2 aliphatic rings. The van der Waals surface area contributed by atoms with Crippen LogP contribution in [0, 0.1) is 0 Å². The standard InChI is InChI=1S/C36H28Cl2O3/c1-35(2)31-20-24(38)10-16-28(31)32-27-15-9-23(37)19-30(27)34-29(33(32)35)17-18-36(41-34,21-5-11-25(39-3)12-6-21)22-7-13-26(40-4)14-8-22/h5-20H,1-4H3. The highest BCUT2D eigenvalue weighted by Crippen LogP contribution is 2.58. The Morgan fingerprint density at radius 3 is 1.88 bits per heavy atom. The van der Waals surface area contributed by atoms with E-state index in [9.17, 15) is 0 Å². The predicted molar refractivity (Wildman–Crippen MR) is 168 cm³/mol. The molecule has 1 aliphatic carbocycles. The summed E-state index contributed by atoms with van der Waals surface area (Å²) >= 11 is 13.2. The summed E-state index contributed by atoms with van der Waals surface area (Å²) in [5, 5.41) is 3.47. The first-order valence-electron chi connectivity index (χ1n) is 13.5. The second-order valence-corrected chi connectivity index (χ2v) is 12.0. The van der Waals surface area contributed by atoms with Gasteiger partial charge in [0.05, 0.1) is 14.2 Å². The van der Waals surface area contributed by atoms with E-state index in [1.165, 1.54) is 22.3 Å². The molecule has 1 aliphatic heterocycles. The van der Waals surface area contributed by atoms with E-state index < -0.39 is 5.60 Å². The lowest BCUT2D eigenvalue weighted by atomic mass is 9.77. The van der Waals surface area contributed by atoms with Crippen molar-refractivity contribution in [2.45, 2.75) is 24.9 Å². The van der Waals surface area contributed by atoms with Crippen LogP contribution in [0.5, 0.6) is 17.2 Å². The molecule has 0 fully saturated rings. The third-order valence-corrected chi connectivity index (χ3v) is 9.06. The van der Waals surface area contributed by atoms with Gasteiger partial charge in [0.2, 0.25) is 0 Å². The molecule has 0 atom stereocenters. The predicted octanol–water partition coefficient (Wildman–Crippen LogP) is 9.82. The molecule has 1 heterocycles. The first kappa shape index (κ1) is 26.0. The zero-order valence-corrected chi connectivity index (χ0v) is 24.7. The number of halogens is 2. The van der Waals surface area contributed by atoms with Crippen LogP contribution in [0.25, 0.3) is 28.0 Å². The summed E-state index contributed by atoms with van der Waals surface area (Å²) < 4.78 is 18.2. The number of hydrogen-bond donors (Lipinski definition) is 0. The summed E-state index contributed by atoms with van der Waals surface area (Å²) in [4.78, 5) is 0. The number of rotatable bonds is 4. The van der Waals surface area contributed by atoms with Gasteiger partial charge in [0, 0.05) is 37.5 Å². The van der Waals surface area contributed by atoms with Gasteiger partial charge in [0.1, 0.15) is 17.2 Å². The molecule has 5 heteroatoms. The fraction of sp³-hybridized carbons (Fsp3) is 0.167. The largest absolute Gasteiger partial charge is 0.497 e. The van der Waals surface area contributed by atoms with Gasteiger partial charge >= 0.3 is 0 Å². The van der Waals surface area contributed by atoms with Crippen LogP contribution in [0.15, 0.2) is 91.0 Å². The number of benzene rings is 5. The van der Waals surface area contributed by atoms with E-state index in [-0.39, 0.29) is 5.41 Å². The Labute approximate surface area is 249 Å². The van der Waals surface area contributed by atoms with Crippen molar-refractivity contribution in [2.24, 2.45) is 0 Å². The zero-order chi connectivity index (χ0) is 28.5. The summed E-state index contributed by atoms with van der Waals surface area (Å²) in [5.74, 6) is 2.38. The van der Waals surface area contributed by atoms with Gasteiger partial charge < -0.3 is 14.2 Å².